The third-order valence-corrected chi connectivity index (χ3v) is 2.98. The predicted octanol–water partition coefficient (Wildman–Crippen LogP) is -2.44. The van der Waals surface area contributed by atoms with Gasteiger partial charge in [-0.15, -0.1) is 0 Å². The van der Waals surface area contributed by atoms with Crippen molar-refractivity contribution in [2.24, 2.45) is 0 Å². The Hall–Kier alpha value is -0.340. The summed E-state index contributed by atoms with van der Waals surface area (Å²) in [7, 11) is -9.51. The molecule has 0 amide bonds. The van der Waals surface area contributed by atoms with E-state index in [0.717, 1.165) is 6.42 Å². The van der Waals surface area contributed by atoms with Crippen molar-refractivity contribution < 1.29 is 40.3 Å². The van der Waals surface area contributed by atoms with E-state index in [4.69, 9.17) is 4.55 Å². The molecule has 4 N–H and O–H groups in total. The Bertz CT molecular complexity index is 459. The van der Waals surface area contributed by atoms with Gasteiger partial charge >= 0.3 is 10.4 Å². The number of nitrogens with one attached hydrogen (secondary N) is 1. The topological polar surface area (TPSA) is 173 Å². The van der Waals surface area contributed by atoms with E-state index in [1.807, 2.05) is 0 Å². The van der Waals surface area contributed by atoms with Crippen LogP contribution in [0, 0.1) is 6.42 Å². The first-order chi connectivity index (χ1) is 8.44. The minimum Gasteiger partial charge on any atom is -0.735 e. The van der Waals surface area contributed by atoms with Crippen LogP contribution in [-0.4, -0.2) is 61.0 Å². The molecule has 0 aliphatic carbocycles. The Labute approximate surface area is 111 Å². The maximum atomic E-state index is 10.5. The molecule has 0 rings (SSSR count). The molecule has 0 saturated heterocycles. The van der Waals surface area contributed by atoms with Gasteiger partial charge in [0.2, 0.25) is 0 Å². The molecule has 1 radical (unpaired) electrons. The zero-order chi connectivity index (χ0) is 15.3. The highest BCUT2D eigenvalue weighted by Crippen LogP contribution is 2.07. The van der Waals surface area contributed by atoms with Crippen molar-refractivity contribution in [3.63, 3.8) is 0 Å². The Balaban J connectivity index is 4.36. The number of aliphatic hydroxyl groups is 2. The largest absolute Gasteiger partial charge is 0.735 e. The molecule has 0 aromatic rings. The third kappa shape index (κ3) is 10.1. The molecule has 10 nitrogen and oxygen atoms in total. The van der Waals surface area contributed by atoms with E-state index in [1.165, 1.54) is 6.92 Å². The fourth-order valence-electron chi connectivity index (χ4n) is 1.15. The number of rotatable bonds is 9. The molecular formula is C7H15NO9S2-. The molecule has 115 valence electrons. The highest BCUT2D eigenvalue weighted by atomic mass is 32.3. The van der Waals surface area contributed by atoms with Gasteiger partial charge in [0.05, 0.1) is 18.8 Å². The van der Waals surface area contributed by atoms with Crippen LogP contribution in [0.5, 0.6) is 0 Å². The van der Waals surface area contributed by atoms with E-state index in [1.54, 1.807) is 4.72 Å². The Morgan fingerprint density at radius 2 is 1.84 bits per heavy atom. The normalized spacial score (nSPS) is 17.9. The van der Waals surface area contributed by atoms with Gasteiger partial charge in [-0.2, -0.15) is 8.42 Å². The van der Waals surface area contributed by atoms with Crippen LogP contribution >= 0.6 is 0 Å². The number of aliphatic hydroxyl groups excluding tert-OH is 2. The molecule has 0 aromatic heterocycles. The van der Waals surface area contributed by atoms with Gasteiger partial charge in [-0.1, -0.05) is 6.92 Å². The number of hydrogen-bond acceptors (Lipinski definition) is 8. The number of hydrogen-bond donors (Lipinski definition) is 4. The molecule has 2 unspecified atom stereocenters. The van der Waals surface area contributed by atoms with E-state index >= 15 is 0 Å². The fraction of sp³-hybridized carbons (Fsp3) is 0.857. The maximum absolute atomic E-state index is 10.5. The third-order valence-electron chi connectivity index (χ3n) is 1.95. The molecule has 19 heavy (non-hydrogen) atoms. The van der Waals surface area contributed by atoms with Crippen molar-refractivity contribution >= 4 is 20.7 Å². The molecular weight excluding hydrogens is 306 g/mol. The quantitative estimate of drug-likeness (QED) is 0.336. The summed E-state index contributed by atoms with van der Waals surface area (Å²) in [5.41, 5.74) is 0. The lowest BCUT2D eigenvalue weighted by Gasteiger charge is -2.25. The minimum absolute atomic E-state index is 0.0466. The van der Waals surface area contributed by atoms with Gasteiger partial charge < -0.3 is 14.8 Å². The van der Waals surface area contributed by atoms with Crippen LogP contribution in [0.1, 0.15) is 13.3 Å². The maximum Gasteiger partial charge on any atom is 0.397 e. The lowest BCUT2D eigenvalue weighted by molar-refractivity contribution is 0.0814. The molecule has 0 heterocycles. The summed E-state index contributed by atoms with van der Waals surface area (Å²) < 4.78 is 65.5. The summed E-state index contributed by atoms with van der Waals surface area (Å²) >= 11 is 0. The summed E-state index contributed by atoms with van der Waals surface area (Å²) in [4.78, 5) is 0. The molecule has 0 bridgehead atoms. The Morgan fingerprint density at radius 1 is 1.32 bits per heavy atom. The average molecular weight is 321 g/mol. The van der Waals surface area contributed by atoms with Gasteiger partial charge in [0.25, 0.3) is 0 Å². The summed E-state index contributed by atoms with van der Waals surface area (Å²) in [6, 6.07) is -1.18. The van der Waals surface area contributed by atoms with E-state index in [0.29, 0.717) is 0 Å². The monoisotopic (exact) mass is 321 g/mol. The summed E-state index contributed by atoms with van der Waals surface area (Å²) in [5, 5.41) is 18.8. The second kappa shape index (κ2) is 7.44. The SMILES string of the molecule is CCC(NS(=O)(=O)[O-])[C@@H](O)[CH]C(O)COS(=O)(=O)O. The average Bonchev–Trinajstić information content (AvgIpc) is 2.20. The zero-order valence-corrected chi connectivity index (χ0v) is 11.5. The van der Waals surface area contributed by atoms with Gasteiger partial charge in [-0.25, -0.2) is 17.3 Å². The lowest BCUT2D eigenvalue weighted by atomic mass is 10.0. The van der Waals surface area contributed by atoms with Gasteiger partial charge in [0.15, 0.2) is 10.3 Å². The Kier molecular flexibility index (Phi) is 7.31. The van der Waals surface area contributed by atoms with E-state index < -0.39 is 45.6 Å². The predicted molar refractivity (Wildman–Crippen MR) is 60.7 cm³/mol. The molecule has 12 heteroatoms. The molecule has 0 aromatic carbocycles. The minimum atomic E-state index is -4.78. The summed E-state index contributed by atoms with van der Waals surface area (Å²) in [6.45, 7) is 0.609. The molecule has 0 spiro atoms. The van der Waals surface area contributed by atoms with Crippen molar-refractivity contribution in [2.45, 2.75) is 31.6 Å². The van der Waals surface area contributed by atoms with Crippen LogP contribution in [-0.2, 0) is 24.9 Å². The molecule has 0 aliphatic rings. The van der Waals surface area contributed by atoms with Gasteiger partial charge in [0.1, 0.15) is 0 Å². The molecule has 3 atom stereocenters. The molecule has 0 aliphatic heterocycles. The summed E-state index contributed by atoms with van der Waals surface area (Å²) in [6.07, 6.45) is -2.33. The first-order valence-electron chi connectivity index (χ1n) is 5.00. The van der Waals surface area contributed by atoms with Gasteiger partial charge in [0, 0.05) is 12.5 Å². The molecule has 0 fully saturated rings. The van der Waals surface area contributed by atoms with Crippen LogP contribution < -0.4 is 4.72 Å². The van der Waals surface area contributed by atoms with Crippen molar-refractivity contribution in [1.29, 1.82) is 0 Å². The van der Waals surface area contributed by atoms with Crippen molar-refractivity contribution in [1.82, 2.24) is 4.72 Å². The fourth-order valence-corrected chi connectivity index (χ4v) is 2.14. The smallest absolute Gasteiger partial charge is 0.397 e. The van der Waals surface area contributed by atoms with Crippen LogP contribution in [0.25, 0.3) is 0 Å². The van der Waals surface area contributed by atoms with Crippen LogP contribution in [0.3, 0.4) is 0 Å². The van der Waals surface area contributed by atoms with Crippen molar-refractivity contribution in [3.05, 3.63) is 6.42 Å². The first-order valence-corrected chi connectivity index (χ1v) is 7.78. The second-order valence-electron chi connectivity index (χ2n) is 3.55. The van der Waals surface area contributed by atoms with Crippen molar-refractivity contribution in [2.75, 3.05) is 6.61 Å². The van der Waals surface area contributed by atoms with E-state index in [-0.39, 0.29) is 6.42 Å². The highest BCUT2D eigenvalue weighted by molar-refractivity contribution is 7.83. The summed E-state index contributed by atoms with van der Waals surface area (Å²) in [5.74, 6) is 0. The highest BCUT2D eigenvalue weighted by Gasteiger charge is 2.23. The van der Waals surface area contributed by atoms with Gasteiger partial charge in [-0.3, -0.25) is 4.55 Å². The van der Waals surface area contributed by atoms with Gasteiger partial charge in [-0.05, 0) is 6.42 Å². The van der Waals surface area contributed by atoms with Crippen LogP contribution in [0.4, 0.5) is 0 Å². The van der Waals surface area contributed by atoms with Crippen LogP contribution in [0.15, 0.2) is 0 Å². The Morgan fingerprint density at radius 3 is 2.21 bits per heavy atom. The zero-order valence-electron chi connectivity index (χ0n) is 9.83. The standard InChI is InChI=1S/C7H16NO9S2/c1-2-6(8-18(11,12)13)7(10)3-5(9)4-17-19(14,15)16/h3,5-10H,2,4H2,1H3,(H,11,12,13)(H,14,15,16)/p-1/t5?,6?,7-/m0/s1. The van der Waals surface area contributed by atoms with Crippen LogP contribution in [0.2, 0.25) is 0 Å². The van der Waals surface area contributed by atoms with E-state index in [9.17, 15) is 31.6 Å². The second-order valence-corrected chi connectivity index (χ2v) is 5.78. The lowest BCUT2D eigenvalue weighted by Crippen LogP contribution is -2.44. The first kappa shape index (κ1) is 18.7. The molecule has 0 saturated carbocycles. The van der Waals surface area contributed by atoms with E-state index in [2.05, 4.69) is 4.18 Å². The van der Waals surface area contributed by atoms with Crippen molar-refractivity contribution in [3.8, 4) is 0 Å².